The Morgan fingerprint density at radius 2 is 1.54 bits per heavy atom. The first-order chi connectivity index (χ1) is 18.4. The van der Waals surface area contributed by atoms with Crippen LogP contribution in [0.1, 0.15) is 27.0 Å². The summed E-state index contributed by atoms with van der Waals surface area (Å²) in [5, 5.41) is 2.38. The van der Waals surface area contributed by atoms with Gasteiger partial charge in [0.15, 0.2) is 0 Å². The minimum Gasteiger partial charge on any atom is -0.322 e. The summed E-state index contributed by atoms with van der Waals surface area (Å²) in [6.07, 6.45) is -4.73. The molecule has 0 radical (unpaired) electrons. The third-order valence-corrected chi connectivity index (χ3v) is 8.15. The molecule has 0 fully saturated rings. The smallest absolute Gasteiger partial charge is 0.322 e. The van der Waals surface area contributed by atoms with E-state index in [1.165, 1.54) is 36.4 Å². The SMILES string of the molecule is Cc1ccc(S(=O)(=O)N(Cc2ccc(Cl)cc2)c2ccccc2C(=O)Nc2ccc(Cl)c(C(F)(F)F)c2)cc1. The summed E-state index contributed by atoms with van der Waals surface area (Å²) in [4.78, 5) is 13.3. The van der Waals surface area contributed by atoms with Crippen LogP contribution in [0.4, 0.5) is 24.5 Å². The minimum atomic E-state index is -4.73. The predicted molar refractivity (Wildman–Crippen MR) is 147 cm³/mol. The number of para-hydroxylation sites is 1. The van der Waals surface area contributed by atoms with Gasteiger partial charge in [0.2, 0.25) is 0 Å². The molecule has 0 heterocycles. The quantitative estimate of drug-likeness (QED) is 0.236. The molecule has 11 heteroatoms. The highest BCUT2D eigenvalue weighted by atomic mass is 35.5. The Balaban J connectivity index is 1.78. The number of aryl methyl sites for hydroxylation is 1. The van der Waals surface area contributed by atoms with Gasteiger partial charge in [0.05, 0.1) is 33.3 Å². The summed E-state index contributed by atoms with van der Waals surface area (Å²) in [5.74, 6) is -0.804. The summed E-state index contributed by atoms with van der Waals surface area (Å²) in [6.45, 7) is 1.68. The molecule has 1 amide bonds. The van der Waals surface area contributed by atoms with Gasteiger partial charge in [0.1, 0.15) is 0 Å². The normalized spacial score (nSPS) is 11.7. The van der Waals surface area contributed by atoms with E-state index in [1.807, 2.05) is 6.92 Å². The van der Waals surface area contributed by atoms with Gasteiger partial charge in [0.25, 0.3) is 15.9 Å². The van der Waals surface area contributed by atoms with E-state index in [4.69, 9.17) is 23.2 Å². The third-order valence-electron chi connectivity index (χ3n) is 5.80. The largest absolute Gasteiger partial charge is 0.417 e. The predicted octanol–water partition coefficient (Wildman–Crippen LogP) is 7.97. The van der Waals surface area contributed by atoms with Crippen LogP contribution in [0, 0.1) is 6.92 Å². The van der Waals surface area contributed by atoms with Crippen LogP contribution in [0.25, 0.3) is 0 Å². The minimum absolute atomic E-state index is 0.00444. The Morgan fingerprint density at radius 3 is 2.18 bits per heavy atom. The van der Waals surface area contributed by atoms with Crippen LogP contribution < -0.4 is 9.62 Å². The monoisotopic (exact) mass is 592 g/mol. The fourth-order valence-corrected chi connectivity index (χ4v) is 5.62. The molecule has 0 aliphatic carbocycles. The van der Waals surface area contributed by atoms with Crippen molar-refractivity contribution >= 4 is 50.5 Å². The van der Waals surface area contributed by atoms with Gasteiger partial charge in [-0.2, -0.15) is 13.2 Å². The van der Waals surface area contributed by atoms with Crippen LogP contribution >= 0.6 is 23.2 Å². The number of amides is 1. The van der Waals surface area contributed by atoms with Gasteiger partial charge in [-0.25, -0.2) is 8.42 Å². The van der Waals surface area contributed by atoms with E-state index in [0.29, 0.717) is 10.6 Å². The first-order valence-electron chi connectivity index (χ1n) is 11.5. The number of nitrogens with one attached hydrogen (secondary N) is 1. The molecular weight excluding hydrogens is 572 g/mol. The molecule has 39 heavy (non-hydrogen) atoms. The van der Waals surface area contributed by atoms with Gasteiger partial charge in [-0.15, -0.1) is 0 Å². The lowest BCUT2D eigenvalue weighted by molar-refractivity contribution is -0.137. The van der Waals surface area contributed by atoms with Crippen molar-refractivity contribution in [1.82, 2.24) is 0 Å². The average molecular weight is 593 g/mol. The van der Waals surface area contributed by atoms with E-state index in [2.05, 4.69) is 5.32 Å². The van der Waals surface area contributed by atoms with E-state index >= 15 is 0 Å². The maximum Gasteiger partial charge on any atom is 0.417 e. The number of nitrogens with zero attached hydrogens (tertiary/aromatic N) is 1. The van der Waals surface area contributed by atoms with Crippen LogP contribution in [-0.2, 0) is 22.7 Å². The van der Waals surface area contributed by atoms with Crippen molar-refractivity contribution in [1.29, 1.82) is 0 Å². The molecule has 1 N–H and O–H groups in total. The van der Waals surface area contributed by atoms with Crippen molar-refractivity contribution in [3.05, 3.63) is 123 Å². The van der Waals surface area contributed by atoms with Crippen LogP contribution in [0.3, 0.4) is 0 Å². The summed E-state index contributed by atoms with van der Waals surface area (Å²) in [6, 6.07) is 21.7. The second-order valence-corrected chi connectivity index (χ2v) is 11.3. The second-order valence-electron chi connectivity index (χ2n) is 8.61. The highest BCUT2D eigenvalue weighted by Crippen LogP contribution is 2.37. The summed E-state index contributed by atoms with van der Waals surface area (Å²) >= 11 is 11.7. The Kier molecular flexibility index (Phi) is 8.25. The second kappa shape index (κ2) is 11.3. The van der Waals surface area contributed by atoms with Gasteiger partial charge < -0.3 is 5.32 Å². The van der Waals surface area contributed by atoms with Gasteiger partial charge in [-0.1, -0.05) is 65.2 Å². The van der Waals surface area contributed by atoms with Gasteiger partial charge in [-0.3, -0.25) is 9.10 Å². The third kappa shape index (κ3) is 6.55. The number of anilines is 2. The van der Waals surface area contributed by atoms with Crippen LogP contribution in [0.5, 0.6) is 0 Å². The first kappa shape index (κ1) is 28.5. The zero-order valence-corrected chi connectivity index (χ0v) is 22.7. The Bertz CT molecular complexity index is 1610. The molecular formula is C28H21Cl2F3N2O3S. The fourth-order valence-electron chi connectivity index (χ4n) is 3.79. The van der Waals surface area contributed by atoms with E-state index in [9.17, 15) is 26.4 Å². The Hall–Kier alpha value is -3.53. The lowest BCUT2D eigenvalue weighted by atomic mass is 10.1. The summed E-state index contributed by atoms with van der Waals surface area (Å²) in [7, 11) is -4.19. The molecule has 202 valence electrons. The molecule has 4 aromatic rings. The molecule has 4 rings (SSSR count). The van der Waals surface area contributed by atoms with Crippen LogP contribution in [0.15, 0.2) is 95.9 Å². The highest BCUT2D eigenvalue weighted by molar-refractivity contribution is 7.92. The molecule has 0 spiro atoms. The Labute approximate surface area is 233 Å². The summed E-state index contributed by atoms with van der Waals surface area (Å²) in [5.41, 5.74) is 0.164. The molecule has 0 saturated heterocycles. The molecule has 0 saturated carbocycles. The van der Waals surface area contributed by atoms with Crippen molar-refractivity contribution < 1.29 is 26.4 Å². The number of rotatable bonds is 7. The van der Waals surface area contributed by atoms with Crippen molar-refractivity contribution in [3.8, 4) is 0 Å². The molecule has 0 bridgehead atoms. The van der Waals surface area contributed by atoms with E-state index in [-0.39, 0.29) is 28.4 Å². The topological polar surface area (TPSA) is 66.5 Å². The maximum atomic E-state index is 13.9. The first-order valence-corrected chi connectivity index (χ1v) is 13.7. The molecule has 0 unspecified atom stereocenters. The number of sulfonamides is 1. The van der Waals surface area contributed by atoms with E-state index in [0.717, 1.165) is 22.0 Å². The standard InChI is InChI=1S/C28H21Cl2F3N2O3S/c1-18-6-13-22(14-7-18)39(37,38)35(17-19-8-10-20(29)11-9-19)26-5-3-2-4-23(26)27(36)34-21-12-15-25(30)24(16-21)28(31,32)33/h2-16H,17H2,1H3,(H,34,36). The van der Waals surface area contributed by atoms with Crippen molar-refractivity contribution in [2.45, 2.75) is 24.5 Å². The lowest BCUT2D eigenvalue weighted by Gasteiger charge is -2.27. The molecule has 5 nitrogen and oxygen atoms in total. The van der Waals surface area contributed by atoms with Crippen molar-refractivity contribution in [2.24, 2.45) is 0 Å². The average Bonchev–Trinajstić information content (AvgIpc) is 2.89. The van der Waals surface area contributed by atoms with Crippen LogP contribution in [0.2, 0.25) is 10.0 Å². The molecule has 4 aromatic carbocycles. The number of halogens is 5. The number of carbonyl (C=O) groups is 1. The van der Waals surface area contributed by atoms with Crippen molar-refractivity contribution in [2.75, 3.05) is 9.62 Å². The number of hydrogen-bond donors (Lipinski definition) is 1. The van der Waals surface area contributed by atoms with Crippen molar-refractivity contribution in [3.63, 3.8) is 0 Å². The summed E-state index contributed by atoms with van der Waals surface area (Å²) < 4.78 is 68.8. The molecule has 0 aromatic heterocycles. The molecule has 0 aliphatic heterocycles. The zero-order valence-electron chi connectivity index (χ0n) is 20.3. The number of hydrogen-bond acceptors (Lipinski definition) is 3. The lowest BCUT2D eigenvalue weighted by Crippen LogP contribution is -2.32. The fraction of sp³-hybridized carbons (Fsp3) is 0.107. The maximum absolute atomic E-state index is 13.9. The van der Waals surface area contributed by atoms with E-state index < -0.39 is 32.7 Å². The number of benzene rings is 4. The Morgan fingerprint density at radius 1 is 0.897 bits per heavy atom. The number of alkyl halides is 3. The van der Waals surface area contributed by atoms with E-state index in [1.54, 1.807) is 42.5 Å². The van der Waals surface area contributed by atoms with Gasteiger partial charge in [-0.05, 0) is 67.1 Å². The van der Waals surface area contributed by atoms with Gasteiger partial charge >= 0.3 is 6.18 Å². The number of carbonyl (C=O) groups excluding carboxylic acids is 1. The van der Waals surface area contributed by atoms with Crippen LogP contribution in [-0.4, -0.2) is 14.3 Å². The zero-order chi connectivity index (χ0) is 28.4. The molecule has 0 atom stereocenters. The highest BCUT2D eigenvalue weighted by Gasteiger charge is 2.34. The van der Waals surface area contributed by atoms with Gasteiger partial charge in [0, 0.05) is 10.7 Å². The molecule has 0 aliphatic rings.